The molecule has 1 atom stereocenters. The maximum absolute atomic E-state index is 5.93. The van der Waals surface area contributed by atoms with Crippen LogP contribution in [0.25, 0.3) is 0 Å². The second-order valence-electron chi connectivity index (χ2n) is 5.84. The Bertz CT molecular complexity index is 573. The number of halogens is 1. The fraction of sp³-hybridized carbons (Fsp3) is 0.333. The van der Waals surface area contributed by atoms with Gasteiger partial charge in [0.05, 0.1) is 0 Å². The van der Waals surface area contributed by atoms with Gasteiger partial charge in [-0.3, -0.25) is 11.3 Å². The van der Waals surface area contributed by atoms with Crippen molar-refractivity contribution in [1.82, 2.24) is 5.43 Å². The van der Waals surface area contributed by atoms with E-state index in [-0.39, 0.29) is 6.04 Å². The summed E-state index contributed by atoms with van der Waals surface area (Å²) in [5.74, 6) is 6.52. The summed E-state index contributed by atoms with van der Waals surface area (Å²) in [7, 11) is 0. The van der Waals surface area contributed by atoms with Gasteiger partial charge < -0.3 is 0 Å². The van der Waals surface area contributed by atoms with Crippen molar-refractivity contribution in [3.63, 3.8) is 0 Å². The van der Waals surface area contributed by atoms with Crippen LogP contribution in [0, 0.1) is 0 Å². The van der Waals surface area contributed by atoms with Crippen molar-refractivity contribution in [3.8, 4) is 0 Å². The highest BCUT2D eigenvalue weighted by molar-refractivity contribution is 6.30. The molecule has 1 unspecified atom stereocenters. The first-order valence-electron chi connectivity index (χ1n) is 7.56. The molecule has 1 aliphatic carbocycles. The van der Waals surface area contributed by atoms with Gasteiger partial charge in [-0.15, -0.1) is 0 Å². The summed E-state index contributed by atoms with van der Waals surface area (Å²) >= 11 is 5.93. The van der Waals surface area contributed by atoms with Crippen LogP contribution in [0.5, 0.6) is 0 Å². The topological polar surface area (TPSA) is 38.0 Å². The van der Waals surface area contributed by atoms with Gasteiger partial charge in [0, 0.05) is 11.1 Å². The second kappa shape index (κ2) is 6.61. The normalized spacial score (nSPS) is 16.5. The molecule has 2 aromatic rings. The quantitative estimate of drug-likeness (QED) is 0.636. The van der Waals surface area contributed by atoms with Crippen molar-refractivity contribution in [2.75, 3.05) is 0 Å². The molecule has 1 aliphatic rings. The minimum atomic E-state index is 0.126. The lowest BCUT2D eigenvalue weighted by atomic mass is 9.80. The monoisotopic (exact) mass is 300 g/mol. The van der Waals surface area contributed by atoms with Gasteiger partial charge in [-0.05, 0) is 54.0 Å². The van der Waals surface area contributed by atoms with Crippen LogP contribution in [0.15, 0.2) is 48.5 Å². The Hall–Kier alpha value is -1.35. The molecule has 0 spiro atoms. The highest BCUT2D eigenvalue weighted by Crippen LogP contribution is 2.36. The van der Waals surface area contributed by atoms with E-state index < -0.39 is 0 Å². The van der Waals surface area contributed by atoms with E-state index >= 15 is 0 Å². The van der Waals surface area contributed by atoms with Gasteiger partial charge in [0.2, 0.25) is 0 Å². The number of hydrazine groups is 1. The Morgan fingerprint density at radius 2 is 1.71 bits per heavy atom. The molecule has 21 heavy (non-hydrogen) atoms. The van der Waals surface area contributed by atoms with Crippen molar-refractivity contribution in [1.29, 1.82) is 0 Å². The van der Waals surface area contributed by atoms with Gasteiger partial charge in [0.25, 0.3) is 0 Å². The summed E-state index contributed by atoms with van der Waals surface area (Å²) in [6.07, 6.45) is 4.90. The Kier molecular flexibility index (Phi) is 4.59. The fourth-order valence-electron chi connectivity index (χ4n) is 2.87. The zero-order valence-electron chi connectivity index (χ0n) is 12.1. The summed E-state index contributed by atoms with van der Waals surface area (Å²) in [6, 6.07) is 17.0. The molecule has 110 valence electrons. The van der Waals surface area contributed by atoms with Gasteiger partial charge in [-0.1, -0.05) is 54.4 Å². The van der Waals surface area contributed by atoms with E-state index in [1.165, 1.54) is 36.0 Å². The van der Waals surface area contributed by atoms with Crippen LogP contribution in [-0.4, -0.2) is 0 Å². The Labute approximate surface area is 131 Å². The van der Waals surface area contributed by atoms with Crippen LogP contribution < -0.4 is 11.3 Å². The van der Waals surface area contributed by atoms with Crippen molar-refractivity contribution >= 4 is 11.6 Å². The zero-order chi connectivity index (χ0) is 14.7. The number of nitrogens with two attached hydrogens (primary N) is 1. The third kappa shape index (κ3) is 3.46. The van der Waals surface area contributed by atoms with E-state index in [1.54, 1.807) is 0 Å². The van der Waals surface area contributed by atoms with Crippen LogP contribution in [0.2, 0.25) is 5.02 Å². The summed E-state index contributed by atoms with van der Waals surface area (Å²) in [5, 5.41) is 0.765. The SMILES string of the molecule is NNC(Cc1ccc(Cl)cc1)c1ccc(C2CCC2)cc1. The number of benzene rings is 2. The summed E-state index contributed by atoms with van der Waals surface area (Å²) in [6.45, 7) is 0. The van der Waals surface area contributed by atoms with Crippen LogP contribution in [0.3, 0.4) is 0 Å². The molecular weight excluding hydrogens is 280 g/mol. The van der Waals surface area contributed by atoms with Crippen molar-refractivity contribution in [2.45, 2.75) is 37.6 Å². The molecular formula is C18H21ClN2. The van der Waals surface area contributed by atoms with Crippen molar-refractivity contribution in [3.05, 3.63) is 70.2 Å². The maximum atomic E-state index is 5.93. The molecule has 2 nitrogen and oxygen atoms in total. The number of hydrogen-bond donors (Lipinski definition) is 2. The third-order valence-corrected chi connectivity index (χ3v) is 4.72. The zero-order valence-corrected chi connectivity index (χ0v) is 12.8. The first kappa shape index (κ1) is 14.6. The van der Waals surface area contributed by atoms with Crippen LogP contribution in [0.1, 0.15) is 47.9 Å². The molecule has 3 N–H and O–H groups in total. The van der Waals surface area contributed by atoms with Crippen LogP contribution >= 0.6 is 11.6 Å². The molecule has 0 saturated heterocycles. The molecule has 3 heteroatoms. The van der Waals surface area contributed by atoms with E-state index in [9.17, 15) is 0 Å². The average molecular weight is 301 g/mol. The van der Waals surface area contributed by atoms with Gasteiger partial charge in [-0.25, -0.2) is 0 Å². The third-order valence-electron chi connectivity index (χ3n) is 4.47. The molecule has 1 fully saturated rings. The molecule has 0 heterocycles. The lowest BCUT2D eigenvalue weighted by molar-refractivity contribution is 0.419. The van der Waals surface area contributed by atoms with E-state index in [0.717, 1.165) is 17.4 Å². The largest absolute Gasteiger partial charge is 0.271 e. The molecule has 3 rings (SSSR count). The Balaban J connectivity index is 1.71. The molecule has 0 amide bonds. The molecule has 0 aliphatic heterocycles. The predicted molar refractivity (Wildman–Crippen MR) is 88.3 cm³/mol. The fourth-order valence-corrected chi connectivity index (χ4v) is 3.00. The molecule has 0 aromatic heterocycles. The van der Waals surface area contributed by atoms with E-state index in [2.05, 4.69) is 41.8 Å². The molecule has 2 aromatic carbocycles. The summed E-state index contributed by atoms with van der Waals surface area (Å²) < 4.78 is 0. The Morgan fingerprint density at radius 3 is 2.24 bits per heavy atom. The summed E-state index contributed by atoms with van der Waals surface area (Å²) in [5.41, 5.74) is 6.85. The first-order chi connectivity index (χ1) is 10.3. The van der Waals surface area contributed by atoms with Crippen molar-refractivity contribution < 1.29 is 0 Å². The van der Waals surface area contributed by atoms with E-state index in [4.69, 9.17) is 17.4 Å². The minimum Gasteiger partial charge on any atom is -0.271 e. The predicted octanol–water partition coefficient (Wildman–Crippen LogP) is 4.35. The van der Waals surface area contributed by atoms with E-state index in [1.807, 2.05) is 12.1 Å². The average Bonchev–Trinajstić information content (AvgIpc) is 2.46. The van der Waals surface area contributed by atoms with Gasteiger partial charge in [0.1, 0.15) is 0 Å². The smallest absolute Gasteiger partial charge is 0.0500 e. The van der Waals surface area contributed by atoms with Crippen molar-refractivity contribution in [2.24, 2.45) is 5.84 Å². The van der Waals surface area contributed by atoms with Gasteiger partial charge >= 0.3 is 0 Å². The highest BCUT2D eigenvalue weighted by Gasteiger charge is 2.19. The first-order valence-corrected chi connectivity index (χ1v) is 7.94. The summed E-state index contributed by atoms with van der Waals surface area (Å²) in [4.78, 5) is 0. The van der Waals surface area contributed by atoms with Gasteiger partial charge in [-0.2, -0.15) is 0 Å². The maximum Gasteiger partial charge on any atom is 0.0500 e. The number of hydrogen-bond acceptors (Lipinski definition) is 2. The second-order valence-corrected chi connectivity index (χ2v) is 6.28. The Morgan fingerprint density at radius 1 is 1.05 bits per heavy atom. The molecule has 0 radical (unpaired) electrons. The standard InChI is InChI=1S/C18H21ClN2/c19-17-10-4-13(5-11-17)12-18(21-20)16-8-6-15(7-9-16)14-2-1-3-14/h4-11,14,18,21H,1-3,12,20H2. The minimum absolute atomic E-state index is 0.126. The molecule has 0 bridgehead atoms. The lowest BCUT2D eigenvalue weighted by Crippen LogP contribution is -2.29. The van der Waals surface area contributed by atoms with Crippen LogP contribution in [0.4, 0.5) is 0 Å². The van der Waals surface area contributed by atoms with E-state index in [0.29, 0.717) is 0 Å². The lowest BCUT2D eigenvalue weighted by Gasteiger charge is -2.26. The number of rotatable bonds is 5. The highest BCUT2D eigenvalue weighted by atomic mass is 35.5. The van der Waals surface area contributed by atoms with Gasteiger partial charge in [0.15, 0.2) is 0 Å². The number of nitrogens with one attached hydrogen (secondary N) is 1. The van der Waals surface area contributed by atoms with Crippen LogP contribution in [-0.2, 0) is 6.42 Å². The molecule has 1 saturated carbocycles.